The minimum absolute atomic E-state index is 0.777. The molecule has 23 heavy (non-hydrogen) atoms. The van der Waals surface area contributed by atoms with E-state index < -0.39 is 0 Å². The minimum atomic E-state index is 0.777. The number of hydrogen-bond donors (Lipinski definition) is 1. The maximum Gasteiger partial charge on any atom is 0.0339 e. The molecule has 0 aromatic carbocycles. The number of rotatable bonds is 5. The number of fused-ring (bicyclic) bond motifs is 1. The first-order valence-corrected chi connectivity index (χ1v) is 9.87. The van der Waals surface area contributed by atoms with Crippen molar-refractivity contribution in [1.29, 1.82) is 0 Å². The van der Waals surface area contributed by atoms with E-state index in [1.54, 1.807) is 16.7 Å². The van der Waals surface area contributed by atoms with Crippen molar-refractivity contribution >= 4 is 0 Å². The zero-order valence-electron chi connectivity index (χ0n) is 15.0. The van der Waals surface area contributed by atoms with E-state index in [0.717, 1.165) is 12.0 Å². The van der Waals surface area contributed by atoms with Crippen LogP contribution in [0.15, 0.2) is 34.1 Å². The first kappa shape index (κ1) is 15.5. The largest absolute Gasteiger partial charge is 0.384 e. The van der Waals surface area contributed by atoms with Crippen LogP contribution in [0.2, 0.25) is 0 Å². The van der Waals surface area contributed by atoms with E-state index in [4.69, 9.17) is 0 Å². The van der Waals surface area contributed by atoms with Crippen molar-refractivity contribution in [2.75, 3.05) is 20.1 Å². The van der Waals surface area contributed by atoms with E-state index in [-0.39, 0.29) is 0 Å². The van der Waals surface area contributed by atoms with Crippen molar-refractivity contribution in [3.8, 4) is 0 Å². The van der Waals surface area contributed by atoms with Gasteiger partial charge in [-0.2, -0.15) is 0 Å². The third-order valence-electron chi connectivity index (χ3n) is 6.49. The van der Waals surface area contributed by atoms with E-state index in [2.05, 4.69) is 30.3 Å². The Kier molecular flexibility index (Phi) is 4.36. The number of unbranched alkanes of at least 4 members (excludes halogenated alkanes) is 3. The fourth-order valence-corrected chi connectivity index (χ4v) is 5.22. The van der Waals surface area contributed by atoms with Gasteiger partial charge in [0.1, 0.15) is 0 Å². The number of nitrogens with one attached hydrogen (secondary N) is 1. The van der Waals surface area contributed by atoms with Gasteiger partial charge in [-0.15, -0.1) is 0 Å². The van der Waals surface area contributed by atoms with Crippen molar-refractivity contribution in [1.82, 2.24) is 10.2 Å². The summed E-state index contributed by atoms with van der Waals surface area (Å²) in [5.74, 6) is 0.777. The van der Waals surface area contributed by atoms with E-state index >= 15 is 0 Å². The highest BCUT2D eigenvalue weighted by Gasteiger charge is 2.38. The third-order valence-corrected chi connectivity index (χ3v) is 6.49. The summed E-state index contributed by atoms with van der Waals surface area (Å²) >= 11 is 0. The van der Waals surface area contributed by atoms with Crippen molar-refractivity contribution in [3.63, 3.8) is 0 Å². The quantitative estimate of drug-likeness (QED) is 0.749. The smallest absolute Gasteiger partial charge is 0.0339 e. The molecule has 2 aliphatic heterocycles. The number of hydrogen-bond acceptors (Lipinski definition) is 2. The first-order chi connectivity index (χ1) is 11.3. The van der Waals surface area contributed by atoms with E-state index in [0.29, 0.717) is 0 Å². The van der Waals surface area contributed by atoms with Crippen molar-refractivity contribution in [2.24, 2.45) is 5.92 Å². The molecule has 0 aromatic rings. The van der Waals surface area contributed by atoms with Gasteiger partial charge in [0, 0.05) is 30.7 Å². The predicted octanol–water partition coefficient (Wildman–Crippen LogP) is 4.55. The maximum atomic E-state index is 3.67. The van der Waals surface area contributed by atoms with Gasteiger partial charge in [-0.25, -0.2) is 0 Å². The summed E-state index contributed by atoms with van der Waals surface area (Å²) in [5, 5.41) is 3.67. The van der Waals surface area contributed by atoms with Crippen molar-refractivity contribution in [3.05, 3.63) is 34.1 Å². The molecule has 2 aliphatic carbocycles. The summed E-state index contributed by atoms with van der Waals surface area (Å²) in [6, 6.07) is 0.792. The molecule has 0 spiro atoms. The second-order valence-electron chi connectivity index (χ2n) is 8.04. The summed E-state index contributed by atoms with van der Waals surface area (Å²) in [5.41, 5.74) is 8.46. The van der Waals surface area contributed by atoms with E-state index in [1.165, 1.54) is 76.6 Å². The lowest BCUT2D eigenvalue weighted by atomic mass is 9.72. The molecule has 0 aromatic heterocycles. The number of nitrogens with zero attached hydrogens (tertiary/aromatic N) is 1. The molecule has 4 aliphatic rings. The molecule has 0 radical (unpaired) electrons. The summed E-state index contributed by atoms with van der Waals surface area (Å²) in [7, 11) is 2.36. The minimum Gasteiger partial charge on any atom is -0.384 e. The Morgan fingerprint density at radius 2 is 2.09 bits per heavy atom. The molecule has 0 saturated carbocycles. The molecule has 2 unspecified atom stereocenters. The van der Waals surface area contributed by atoms with Crippen LogP contribution < -0.4 is 5.32 Å². The van der Waals surface area contributed by atoms with Crippen LogP contribution >= 0.6 is 0 Å². The lowest BCUT2D eigenvalue weighted by molar-refractivity contribution is 0.221. The Hall–Kier alpha value is -1.02. The topological polar surface area (TPSA) is 15.3 Å². The molecule has 0 amide bonds. The van der Waals surface area contributed by atoms with Crippen LogP contribution in [0.5, 0.6) is 0 Å². The summed E-state index contributed by atoms with van der Waals surface area (Å²) in [4.78, 5) is 2.65. The normalized spacial score (nSPS) is 30.1. The van der Waals surface area contributed by atoms with Gasteiger partial charge in [-0.3, -0.25) is 4.90 Å². The Labute approximate surface area is 141 Å². The van der Waals surface area contributed by atoms with Crippen molar-refractivity contribution in [2.45, 2.75) is 70.8 Å². The Morgan fingerprint density at radius 1 is 1.17 bits per heavy atom. The van der Waals surface area contributed by atoms with Gasteiger partial charge in [-0.1, -0.05) is 44.3 Å². The molecule has 4 rings (SSSR count). The van der Waals surface area contributed by atoms with Gasteiger partial charge in [0.05, 0.1) is 0 Å². The standard InChI is InChI=1S/C21H32N2/c1-3-4-5-6-8-17-12-15-11-16-13-22-20-10-7-9-18(21(16)20)19(15)14-23(17)2/h10,16-17,22H,3-9,11-14H2,1-2H3. The average Bonchev–Trinajstić information content (AvgIpc) is 2.97. The molecular formula is C21H32N2. The highest BCUT2D eigenvalue weighted by molar-refractivity contribution is 5.56. The molecule has 126 valence electrons. The van der Waals surface area contributed by atoms with Crippen LogP contribution in [0.25, 0.3) is 0 Å². The molecule has 2 heterocycles. The second kappa shape index (κ2) is 6.47. The lowest BCUT2D eigenvalue weighted by Crippen LogP contribution is -2.40. The third kappa shape index (κ3) is 2.80. The molecule has 1 saturated heterocycles. The van der Waals surface area contributed by atoms with E-state index in [9.17, 15) is 0 Å². The van der Waals surface area contributed by atoms with E-state index in [1.807, 2.05) is 5.57 Å². The zero-order valence-corrected chi connectivity index (χ0v) is 15.0. The van der Waals surface area contributed by atoms with Crippen LogP contribution in [0.3, 0.4) is 0 Å². The van der Waals surface area contributed by atoms with Gasteiger partial charge in [-0.05, 0) is 55.9 Å². The Bertz CT molecular complexity index is 566. The van der Waals surface area contributed by atoms with Gasteiger partial charge in [0.25, 0.3) is 0 Å². The zero-order chi connectivity index (χ0) is 15.8. The molecule has 1 N–H and O–H groups in total. The predicted molar refractivity (Wildman–Crippen MR) is 97.3 cm³/mol. The van der Waals surface area contributed by atoms with Crippen LogP contribution in [0.4, 0.5) is 0 Å². The monoisotopic (exact) mass is 312 g/mol. The second-order valence-corrected chi connectivity index (χ2v) is 8.04. The van der Waals surface area contributed by atoms with Crippen LogP contribution in [0, 0.1) is 5.92 Å². The fraction of sp³-hybridized carbons (Fsp3) is 0.714. The van der Waals surface area contributed by atoms with Gasteiger partial charge in [0.15, 0.2) is 0 Å². The highest BCUT2D eigenvalue weighted by Crippen LogP contribution is 2.47. The summed E-state index contributed by atoms with van der Waals surface area (Å²) in [6.45, 7) is 4.69. The number of allylic oxidation sites excluding steroid dienone is 2. The maximum absolute atomic E-state index is 3.67. The summed E-state index contributed by atoms with van der Waals surface area (Å²) < 4.78 is 0. The van der Waals surface area contributed by atoms with Crippen molar-refractivity contribution < 1.29 is 0 Å². The Morgan fingerprint density at radius 3 is 2.96 bits per heavy atom. The molecule has 0 bridgehead atoms. The van der Waals surface area contributed by atoms with Gasteiger partial charge in [0.2, 0.25) is 0 Å². The Balaban J connectivity index is 1.51. The molecule has 1 fully saturated rings. The van der Waals surface area contributed by atoms with Crippen LogP contribution in [0.1, 0.15) is 64.7 Å². The highest BCUT2D eigenvalue weighted by atomic mass is 15.1. The molecule has 2 atom stereocenters. The average molecular weight is 313 g/mol. The lowest BCUT2D eigenvalue weighted by Gasteiger charge is -2.41. The van der Waals surface area contributed by atoms with Crippen LogP contribution in [-0.2, 0) is 0 Å². The molecular weight excluding hydrogens is 280 g/mol. The molecule has 2 heteroatoms. The SMILES string of the molecule is CCCCCCC1CC2=C(CN1C)C1=C3C(=CCC1)NCC3C2. The first-order valence-electron chi connectivity index (χ1n) is 9.87. The van der Waals surface area contributed by atoms with Crippen LogP contribution in [-0.4, -0.2) is 31.1 Å². The fourth-order valence-electron chi connectivity index (χ4n) is 5.22. The number of likely N-dealkylation sites (N-methyl/N-ethyl adjacent to an activating group) is 1. The molecule has 2 nitrogen and oxygen atoms in total. The summed E-state index contributed by atoms with van der Waals surface area (Å²) in [6.07, 6.45) is 14.6. The van der Waals surface area contributed by atoms with Gasteiger partial charge < -0.3 is 5.32 Å². The van der Waals surface area contributed by atoms with Gasteiger partial charge >= 0.3 is 0 Å².